The summed E-state index contributed by atoms with van der Waals surface area (Å²) in [6, 6.07) is 8.16. The maximum atomic E-state index is 11.7. The summed E-state index contributed by atoms with van der Waals surface area (Å²) in [6.07, 6.45) is 2.22. The van der Waals surface area contributed by atoms with Gasteiger partial charge in [0.1, 0.15) is 5.75 Å². The van der Waals surface area contributed by atoms with E-state index in [1.165, 1.54) is 0 Å². The van der Waals surface area contributed by atoms with E-state index in [4.69, 9.17) is 4.74 Å². The predicted molar refractivity (Wildman–Crippen MR) is 66.0 cm³/mol. The average Bonchev–Trinajstić information content (AvgIpc) is 3.13. The summed E-state index contributed by atoms with van der Waals surface area (Å²) in [5, 5.41) is 2.96. The summed E-state index contributed by atoms with van der Waals surface area (Å²) in [4.78, 5) is 13.4. The monoisotopic (exact) mass is 234 g/mol. The Morgan fingerprint density at radius 3 is 2.94 bits per heavy atom. The Kier molecular flexibility index (Phi) is 3.52. The van der Waals surface area contributed by atoms with Crippen LogP contribution in [0.1, 0.15) is 18.4 Å². The molecule has 4 heteroatoms. The summed E-state index contributed by atoms with van der Waals surface area (Å²) >= 11 is 0. The van der Waals surface area contributed by atoms with Crippen LogP contribution in [0.3, 0.4) is 0 Å². The van der Waals surface area contributed by atoms with Crippen molar-refractivity contribution in [2.24, 2.45) is 0 Å². The first-order chi connectivity index (χ1) is 8.19. The highest BCUT2D eigenvalue weighted by atomic mass is 16.5. The van der Waals surface area contributed by atoms with Gasteiger partial charge in [-0.15, -0.1) is 0 Å². The van der Waals surface area contributed by atoms with Gasteiger partial charge in [0.2, 0.25) is 0 Å². The molecule has 2 rings (SSSR count). The van der Waals surface area contributed by atoms with E-state index in [2.05, 4.69) is 5.32 Å². The first-order valence-corrected chi connectivity index (χ1v) is 5.83. The SMILES string of the molecule is COc1cccc(CN(C)C(=O)NC2CC2)c1. The molecule has 92 valence electrons. The van der Waals surface area contributed by atoms with Gasteiger partial charge in [0.15, 0.2) is 0 Å². The second-order valence-corrected chi connectivity index (χ2v) is 4.43. The lowest BCUT2D eigenvalue weighted by molar-refractivity contribution is 0.206. The van der Waals surface area contributed by atoms with E-state index in [-0.39, 0.29) is 6.03 Å². The first-order valence-electron chi connectivity index (χ1n) is 5.83. The van der Waals surface area contributed by atoms with Crippen molar-refractivity contribution in [2.45, 2.75) is 25.4 Å². The van der Waals surface area contributed by atoms with Crippen LogP contribution in [0.5, 0.6) is 5.75 Å². The highest BCUT2D eigenvalue weighted by molar-refractivity contribution is 5.74. The minimum Gasteiger partial charge on any atom is -0.497 e. The fraction of sp³-hybridized carbons (Fsp3) is 0.462. The molecule has 1 saturated carbocycles. The van der Waals surface area contributed by atoms with E-state index in [1.807, 2.05) is 24.3 Å². The number of benzene rings is 1. The number of amides is 2. The van der Waals surface area contributed by atoms with E-state index in [9.17, 15) is 4.79 Å². The quantitative estimate of drug-likeness (QED) is 0.865. The van der Waals surface area contributed by atoms with Crippen LogP contribution in [0.25, 0.3) is 0 Å². The number of nitrogens with zero attached hydrogens (tertiary/aromatic N) is 1. The van der Waals surface area contributed by atoms with Crippen molar-refractivity contribution < 1.29 is 9.53 Å². The standard InChI is InChI=1S/C13H18N2O2/c1-15(13(16)14-11-6-7-11)9-10-4-3-5-12(8-10)17-2/h3-5,8,11H,6-7,9H2,1-2H3,(H,14,16). The Morgan fingerprint density at radius 1 is 1.53 bits per heavy atom. The molecule has 0 unspecified atom stereocenters. The molecule has 1 aromatic rings. The van der Waals surface area contributed by atoms with Crippen molar-refractivity contribution in [1.82, 2.24) is 10.2 Å². The molecule has 1 N–H and O–H groups in total. The summed E-state index contributed by atoms with van der Waals surface area (Å²) in [7, 11) is 3.44. The Morgan fingerprint density at radius 2 is 2.29 bits per heavy atom. The third-order valence-corrected chi connectivity index (χ3v) is 2.81. The van der Waals surface area contributed by atoms with E-state index < -0.39 is 0 Å². The fourth-order valence-electron chi connectivity index (χ4n) is 1.63. The van der Waals surface area contributed by atoms with Crippen molar-refractivity contribution in [3.63, 3.8) is 0 Å². The molecule has 0 saturated heterocycles. The van der Waals surface area contributed by atoms with Crippen molar-refractivity contribution in [2.75, 3.05) is 14.2 Å². The zero-order valence-corrected chi connectivity index (χ0v) is 10.3. The van der Waals surface area contributed by atoms with Crippen molar-refractivity contribution in [1.29, 1.82) is 0 Å². The summed E-state index contributed by atoms with van der Waals surface area (Å²) in [5.41, 5.74) is 1.07. The molecule has 2 amide bonds. The molecule has 1 fully saturated rings. The second kappa shape index (κ2) is 5.08. The minimum absolute atomic E-state index is 0.00433. The van der Waals surface area contributed by atoms with Gasteiger partial charge >= 0.3 is 6.03 Å². The smallest absolute Gasteiger partial charge is 0.317 e. The minimum atomic E-state index is -0.00433. The Labute approximate surface area is 102 Å². The fourth-order valence-corrected chi connectivity index (χ4v) is 1.63. The number of methoxy groups -OCH3 is 1. The number of nitrogens with one attached hydrogen (secondary N) is 1. The largest absolute Gasteiger partial charge is 0.497 e. The van der Waals surface area contributed by atoms with Crippen molar-refractivity contribution >= 4 is 6.03 Å². The van der Waals surface area contributed by atoms with Gasteiger partial charge in [-0.1, -0.05) is 12.1 Å². The molecule has 1 aromatic carbocycles. The number of carbonyl (C=O) groups excluding carboxylic acids is 1. The molecule has 0 radical (unpaired) electrons. The molecule has 4 nitrogen and oxygen atoms in total. The third kappa shape index (κ3) is 3.37. The molecule has 1 aliphatic carbocycles. The van der Waals surface area contributed by atoms with Gasteiger partial charge in [-0.25, -0.2) is 4.79 Å². The molecule has 0 atom stereocenters. The Balaban J connectivity index is 1.91. The third-order valence-electron chi connectivity index (χ3n) is 2.81. The maximum absolute atomic E-state index is 11.7. The summed E-state index contributed by atoms with van der Waals surface area (Å²) in [5.74, 6) is 0.818. The molecular formula is C13H18N2O2. The van der Waals surface area contributed by atoms with E-state index in [0.29, 0.717) is 12.6 Å². The van der Waals surface area contributed by atoms with Gasteiger partial charge in [-0.05, 0) is 30.5 Å². The average molecular weight is 234 g/mol. The summed E-state index contributed by atoms with van der Waals surface area (Å²) < 4.78 is 5.15. The summed E-state index contributed by atoms with van der Waals surface area (Å²) in [6.45, 7) is 0.593. The molecule has 0 aliphatic heterocycles. The van der Waals surface area contributed by atoms with Crippen molar-refractivity contribution in [3.05, 3.63) is 29.8 Å². The van der Waals surface area contributed by atoms with Crippen LogP contribution in [-0.2, 0) is 6.54 Å². The Bertz CT molecular complexity index is 402. The van der Waals surface area contributed by atoms with Crippen molar-refractivity contribution in [3.8, 4) is 5.75 Å². The number of rotatable bonds is 4. The maximum Gasteiger partial charge on any atom is 0.317 e. The molecule has 17 heavy (non-hydrogen) atoms. The van der Waals surface area contributed by atoms with Crippen LogP contribution in [0.2, 0.25) is 0 Å². The highest BCUT2D eigenvalue weighted by Crippen LogP contribution is 2.19. The molecule has 1 aliphatic rings. The van der Waals surface area contributed by atoms with E-state index >= 15 is 0 Å². The zero-order chi connectivity index (χ0) is 12.3. The van der Waals surface area contributed by atoms with Crippen LogP contribution in [0, 0.1) is 0 Å². The molecular weight excluding hydrogens is 216 g/mol. The van der Waals surface area contributed by atoms with Gasteiger partial charge in [0.05, 0.1) is 7.11 Å². The van der Waals surface area contributed by atoms with Gasteiger partial charge in [-0.2, -0.15) is 0 Å². The molecule has 0 bridgehead atoms. The molecule has 0 heterocycles. The van der Waals surface area contributed by atoms with E-state index in [0.717, 1.165) is 24.2 Å². The first kappa shape index (κ1) is 11.8. The molecule has 0 aromatic heterocycles. The van der Waals surface area contributed by atoms with Gasteiger partial charge < -0.3 is 15.0 Å². The lowest BCUT2D eigenvalue weighted by atomic mass is 10.2. The van der Waals surface area contributed by atoms with Gasteiger partial charge in [-0.3, -0.25) is 0 Å². The molecule has 0 spiro atoms. The van der Waals surface area contributed by atoms with Crippen LogP contribution in [0.4, 0.5) is 4.79 Å². The zero-order valence-electron chi connectivity index (χ0n) is 10.3. The number of hydrogen-bond donors (Lipinski definition) is 1. The highest BCUT2D eigenvalue weighted by Gasteiger charge is 2.24. The lowest BCUT2D eigenvalue weighted by Gasteiger charge is -2.18. The van der Waals surface area contributed by atoms with Crippen LogP contribution in [0.15, 0.2) is 24.3 Å². The van der Waals surface area contributed by atoms with Crippen LogP contribution < -0.4 is 10.1 Å². The number of urea groups is 1. The van der Waals surface area contributed by atoms with Gasteiger partial charge in [0.25, 0.3) is 0 Å². The number of ether oxygens (including phenoxy) is 1. The van der Waals surface area contributed by atoms with E-state index in [1.54, 1.807) is 19.1 Å². The number of hydrogen-bond acceptors (Lipinski definition) is 2. The predicted octanol–water partition coefficient (Wildman–Crippen LogP) is 2.00. The topological polar surface area (TPSA) is 41.6 Å². The van der Waals surface area contributed by atoms with Crippen LogP contribution in [-0.4, -0.2) is 31.1 Å². The van der Waals surface area contributed by atoms with Crippen LogP contribution >= 0.6 is 0 Å². The van der Waals surface area contributed by atoms with Gasteiger partial charge in [0, 0.05) is 19.6 Å². The Hall–Kier alpha value is -1.71. The second-order valence-electron chi connectivity index (χ2n) is 4.43. The lowest BCUT2D eigenvalue weighted by Crippen LogP contribution is -2.37. The number of carbonyl (C=O) groups is 1. The normalized spacial score (nSPS) is 14.2.